The first-order valence-corrected chi connectivity index (χ1v) is 18.1. The molecule has 0 saturated heterocycles. The summed E-state index contributed by atoms with van der Waals surface area (Å²) in [6.07, 6.45) is 1.68. The second-order valence-electron chi connectivity index (χ2n) is 11.1. The number of fused-ring (bicyclic) bond motifs is 1. The van der Waals surface area contributed by atoms with E-state index in [4.69, 9.17) is 58.5 Å². The second kappa shape index (κ2) is 17.4. The predicted octanol–water partition coefficient (Wildman–Crippen LogP) is 6.69. The Hall–Kier alpha value is -4.49. The Kier molecular flexibility index (Phi) is 12.9. The van der Waals surface area contributed by atoms with Gasteiger partial charge in [0.05, 0.1) is 63.8 Å². The first-order chi connectivity index (χ1) is 25.0. The molecule has 1 atom stereocenters. The van der Waals surface area contributed by atoms with Crippen molar-refractivity contribution in [1.82, 2.24) is 4.57 Å². The Bertz CT molecular complexity index is 2210. The van der Waals surface area contributed by atoms with Crippen LogP contribution < -0.4 is 33.8 Å². The fraction of sp³-hybridized carbons (Fsp3) is 0.297. The van der Waals surface area contributed by atoms with Crippen LogP contribution in [0.15, 0.2) is 69.6 Å². The maximum absolute atomic E-state index is 14.3. The van der Waals surface area contributed by atoms with E-state index < -0.39 is 23.5 Å². The molecule has 1 aromatic heterocycles. The summed E-state index contributed by atoms with van der Waals surface area (Å²) in [6, 6.07) is 12.6. The van der Waals surface area contributed by atoms with Gasteiger partial charge in [-0.05, 0) is 86.9 Å². The van der Waals surface area contributed by atoms with Gasteiger partial charge in [-0.15, -0.1) is 0 Å². The first kappa shape index (κ1) is 38.7. The number of rotatable bonds is 14. The highest BCUT2D eigenvalue weighted by Crippen LogP contribution is 2.39. The van der Waals surface area contributed by atoms with Gasteiger partial charge in [0.2, 0.25) is 0 Å². The van der Waals surface area contributed by atoms with Crippen molar-refractivity contribution in [2.75, 3.05) is 33.5 Å². The molecule has 1 aliphatic rings. The third kappa shape index (κ3) is 8.58. The van der Waals surface area contributed by atoms with Crippen molar-refractivity contribution in [3.63, 3.8) is 0 Å². The van der Waals surface area contributed by atoms with Crippen molar-refractivity contribution >= 4 is 64.2 Å². The summed E-state index contributed by atoms with van der Waals surface area (Å²) < 4.78 is 35.3. The van der Waals surface area contributed by atoms with Gasteiger partial charge in [-0.2, -0.15) is 0 Å². The van der Waals surface area contributed by atoms with E-state index in [0.717, 1.165) is 16.9 Å². The van der Waals surface area contributed by atoms with E-state index in [1.165, 1.54) is 11.7 Å². The number of thiazole rings is 1. The fourth-order valence-corrected chi connectivity index (χ4v) is 7.04. The van der Waals surface area contributed by atoms with Crippen molar-refractivity contribution in [2.24, 2.45) is 4.99 Å². The summed E-state index contributed by atoms with van der Waals surface area (Å²) in [5.41, 5.74) is 2.07. The Labute approximate surface area is 318 Å². The van der Waals surface area contributed by atoms with Gasteiger partial charge in [-0.1, -0.05) is 58.3 Å². The minimum Gasteiger partial charge on any atom is -0.490 e. The van der Waals surface area contributed by atoms with Gasteiger partial charge in [-0.25, -0.2) is 14.6 Å². The Morgan fingerprint density at radius 3 is 2.31 bits per heavy atom. The van der Waals surface area contributed by atoms with Crippen molar-refractivity contribution in [3.8, 4) is 23.0 Å². The summed E-state index contributed by atoms with van der Waals surface area (Å²) >= 11 is 20.1. The van der Waals surface area contributed by atoms with Crippen molar-refractivity contribution in [2.45, 2.75) is 40.3 Å². The van der Waals surface area contributed by atoms with Gasteiger partial charge in [0.1, 0.15) is 6.61 Å². The van der Waals surface area contributed by atoms with Crippen molar-refractivity contribution in [1.29, 1.82) is 0 Å². The summed E-state index contributed by atoms with van der Waals surface area (Å²) in [4.78, 5) is 44.5. The number of ether oxygens (including phenoxy) is 6. The normalized spacial score (nSPS) is 14.0. The molecule has 0 spiro atoms. The molecule has 1 aliphatic heterocycles. The van der Waals surface area contributed by atoms with Crippen LogP contribution in [0.1, 0.15) is 50.4 Å². The number of hydrogen-bond acceptors (Lipinski definition) is 11. The molecule has 0 amide bonds. The summed E-state index contributed by atoms with van der Waals surface area (Å²) in [5.74, 6) is 0.118. The molecule has 15 heteroatoms. The summed E-state index contributed by atoms with van der Waals surface area (Å²) in [7, 11) is 1.26. The smallest absolute Gasteiger partial charge is 0.343 e. The summed E-state index contributed by atoms with van der Waals surface area (Å²) in [5, 5.41) is 1.10. The Morgan fingerprint density at radius 1 is 0.865 bits per heavy atom. The molecule has 0 unspecified atom stereocenters. The van der Waals surface area contributed by atoms with E-state index in [9.17, 15) is 14.4 Å². The number of esters is 2. The zero-order valence-corrected chi connectivity index (χ0v) is 32.0. The fourth-order valence-electron chi connectivity index (χ4n) is 5.40. The Morgan fingerprint density at radius 2 is 1.62 bits per heavy atom. The largest absolute Gasteiger partial charge is 0.490 e. The lowest BCUT2D eigenvalue weighted by atomic mass is 9.95. The molecule has 0 N–H and O–H groups in total. The highest BCUT2D eigenvalue weighted by atomic mass is 35.5. The van der Waals surface area contributed by atoms with E-state index in [1.807, 2.05) is 6.92 Å². The minimum absolute atomic E-state index is 0.118. The number of hydrogen-bond donors (Lipinski definition) is 0. The van der Waals surface area contributed by atoms with Crippen LogP contribution in [0.5, 0.6) is 23.0 Å². The van der Waals surface area contributed by atoms with Gasteiger partial charge < -0.3 is 28.4 Å². The molecule has 0 radical (unpaired) electrons. The van der Waals surface area contributed by atoms with Crippen LogP contribution in [0.25, 0.3) is 6.08 Å². The maximum atomic E-state index is 14.3. The van der Waals surface area contributed by atoms with Crippen LogP contribution in [-0.2, 0) is 25.7 Å². The average molecular weight is 790 g/mol. The lowest BCUT2D eigenvalue weighted by Gasteiger charge is -2.25. The number of halogens is 3. The molecule has 4 aromatic rings. The lowest BCUT2D eigenvalue weighted by Crippen LogP contribution is -2.40. The molecule has 11 nitrogen and oxygen atoms in total. The standard InChI is InChI=1S/C37H35Cl3N2O9S/c1-6-47-28-17-23(10-12-27(28)50-19-31(43)46-5)33-32(36(45)49-8-3)20(4)41-37-42(33)35(44)30(52-37)16-22-14-26(40)34(29(15-22)48-7-2)51-18-21-9-11-24(38)25(39)13-21/h9-17,33H,6-8,18-19H2,1-5H3/b30-16-/t33-/m0/s1. The number of aromatic nitrogens is 1. The van der Waals surface area contributed by atoms with Crippen molar-refractivity contribution in [3.05, 3.63) is 111 Å². The molecular weight excluding hydrogens is 755 g/mol. The molecule has 3 aromatic carbocycles. The molecular formula is C37H35Cl3N2O9S. The SMILES string of the molecule is CCOC(=O)C1=C(C)N=c2s/c(=C\c3cc(Cl)c(OCc4ccc(Cl)c(Cl)c4)c(OCC)c3)c(=O)n2[C@H]1c1ccc(OCC(=O)OC)c(OCC)c1. The zero-order chi connectivity index (χ0) is 37.5. The molecule has 0 aliphatic carbocycles. The number of methoxy groups -OCH3 is 1. The first-order valence-electron chi connectivity index (χ1n) is 16.2. The maximum Gasteiger partial charge on any atom is 0.343 e. The van der Waals surface area contributed by atoms with Gasteiger partial charge in [0.25, 0.3) is 5.56 Å². The monoisotopic (exact) mass is 788 g/mol. The third-order valence-corrected chi connectivity index (χ3v) is 9.67. The van der Waals surface area contributed by atoms with Crippen molar-refractivity contribution < 1.29 is 38.0 Å². The number of carbonyl (C=O) groups excluding carboxylic acids is 2. The number of nitrogens with zero attached hydrogens (tertiary/aromatic N) is 2. The van der Waals surface area contributed by atoms with Gasteiger partial charge in [-0.3, -0.25) is 9.36 Å². The quantitative estimate of drug-likeness (QED) is 0.129. The van der Waals surface area contributed by atoms with E-state index in [1.54, 1.807) is 75.4 Å². The molecule has 0 fully saturated rings. The molecule has 274 valence electrons. The molecule has 52 heavy (non-hydrogen) atoms. The van der Waals surface area contributed by atoms with Crippen LogP contribution in [0.4, 0.5) is 0 Å². The van der Waals surface area contributed by atoms with Gasteiger partial charge in [0, 0.05) is 0 Å². The lowest BCUT2D eigenvalue weighted by molar-refractivity contribution is -0.143. The zero-order valence-electron chi connectivity index (χ0n) is 28.9. The number of benzene rings is 3. The van der Waals surface area contributed by atoms with E-state index in [-0.39, 0.29) is 42.8 Å². The number of allylic oxidation sites excluding steroid dienone is 1. The van der Waals surface area contributed by atoms with Gasteiger partial charge >= 0.3 is 11.9 Å². The van der Waals surface area contributed by atoms with Gasteiger partial charge in [0.15, 0.2) is 34.4 Å². The Balaban J connectivity index is 1.59. The summed E-state index contributed by atoms with van der Waals surface area (Å²) in [6.45, 7) is 7.57. The van der Waals surface area contributed by atoms with Crippen LogP contribution >= 0.6 is 46.1 Å². The van der Waals surface area contributed by atoms with Crippen LogP contribution in [-0.4, -0.2) is 50.0 Å². The molecule has 2 heterocycles. The molecule has 0 bridgehead atoms. The van der Waals surface area contributed by atoms with Crippen LogP contribution in [0, 0.1) is 0 Å². The van der Waals surface area contributed by atoms with Crippen LogP contribution in [0.2, 0.25) is 15.1 Å². The molecule has 0 saturated carbocycles. The van der Waals surface area contributed by atoms with E-state index >= 15 is 0 Å². The highest BCUT2D eigenvalue weighted by Gasteiger charge is 2.34. The van der Waals surface area contributed by atoms with E-state index in [0.29, 0.717) is 60.1 Å². The minimum atomic E-state index is -0.925. The third-order valence-electron chi connectivity index (χ3n) is 7.67. The van der Waals surface area contributed by atoms with E-state index in [2.05, 4.69) is 9.73 Å². The van der Waals surface area contributed by atoms with Crippen LogP contribution in [0.3, 0.4) is 0 Å². The topological polar surface area (TPSA) is 124 Å². The highest BCUT2D eigenvalue weighted by molar-refractivity contribution is 7.07. The second-order valence-corrected chi connectivity index (χ2v) is 13.3. The average Bonchev–Trinajstić information content (AvgIpc) is 3.41. The predicted molar refractivity (Wildman–Crippen MR) is 199 cm³/mol. The number of carbonyl (C=O) groups is 2. The molecule has 5 rings (SSSR count).